The second-order valence-corrected chi connectivity index (χ2v) is 13.5. The number of halogens is 2. The number of aliphatic hydroxyl groups is 2. The van der Waals surface area contributed by atoms with Crippen molar-refractivity contribution >= 4 is 12.4 Å². The smallest absolute Gasteiger partial charge is 0.872 e. The average molecular weight is 979 g/mol. The minimum absolute atomic E-state index is 0. The van der Waals surface area contributed by atoms with E-state index < -0.39 is 20.5 Å². The van der Waals surface area contributed by atoms with Gasteiger partial charge in [0.25, 0.3) is 0 Å². The van der Waals surface area contributed by atoms with Gasteiger partial charge < -0.3 is 20.4 Å². The van der Waals surface area contributed by atoms with Crippen LogP contribution in [0.2, 0.25) is 0 Å². The number of hydrogen-bond donors (Lipinski definition) is 2. The molecule has 2 heterocycles. The SMILES string of the molecule is [Cu+2].[Cu+2].[O-][Cl+3]([O-])([O-])[O-].[O-][Cl+3]([O-])([O-])[O-].[O-]c1ccccc1C=NCCCN(CCCO)Cc1ccccn1.[O-]c1ccccc1C=NCCCN(CCCO)Cc1ccccn1. The minimum Gasteiger partial charge on any atom is -0.872 e. The first-order valence-electron chi connectivity index (χ1n) is 17.8. The van der Waals surface area contributed by atoms with E-state index in [1.54, 1.807) is 61.2 Å². The summed E-state index contributed by atoms with van der Waals surface area (Å²) in [5, 5.41) is 41.3. The summed E-state index contributed by atoms with van der Waals surface area (Å²) in [5.41, 5.74) is 3.31. The third-order valence-electron chi connectivity index (χ3n) is 7.31. The fourth-order valence-corrected chi connectivity index (χ4v) is 4.84. The second-order valence-electron chi connectivity index (χ2n) is 12.0. The van der Waals surface area contributed by atoms with E-state index in [9.17, 15) is 10.2 Å². The number of benzene rings is 2. The van der Waals surface area contributed by atoms with E-state index in [-0.39, 0.29) is 58.9 Å². The Kier molecular flexibility index (Phi) is 34.8. The van der Waals surface area contributed by atoms with Crippen LogP contribution in [0.15, 0.2) is 107 Å². The molecular formula is C38H48Cl2Cu2N6O12. The molecule has 22 heteroatoms. The van der Waals surface area contributed by atoms with Crippen molar-refractivity contribution in [2.24, 2.45) is 9.98 Å². The second kappa shape index (κ2) is 35.4. The standard InChI is InChI=1S/2C19H25N3O2.2ClHO4.2Cu/c2*23-14-6-13-22(16-18-8-3-4-11-21-18)12-5-10-20-15-17-7-1-2-9-19(17)24;2*2-1(3,4)5;;/h2*1-4,7-9,11,15,23-24H,5-6,10,12-14,16H2;2*(H,2,3,4,5);;/q;;;;2*+2/p-4. The zero-order valence-corrected chi connectivity index (χ0v) is 35.7. The maximum absolute atomic E-state index is 11.6. The predicted octanol–water partition coefficient (Wildman–Crippen LogP) is -5.82. The van der Waals surface area contributed by atoms with Crippen molar-refractivity contribution in [1.82, 2.24) is 19.8 Å². The Morgan fingerprint density at radius 2 is 0.817 bits per heavy atom. The molecule has 0 aliphatic carbocycles. The van der Waals surface area contributed by atoms with Gasteiger partial charge in [-0.15, -0.1) is 32.0 Å². The van der Waals surface area contributed by atoms with E-state index in [0.717, 1.165) is 76.3 Å². The van der Waals surface area contributed by atoms with Crippen LogP contribution in [-0.4, -0.2) is 94.9 Å². The minimum atomic E-state index is -4.94. The molecule has 0 saturated carbocycles. The van der Waals surface area contributed by atoms with Gasteiger partial charge in [-0.2, -0.15) is 0 Å². The summed E-state index contributed by atoms with van der Waals surface area (Å²) in [7, 11) is -9.89. The van der Waals surface area contributed by atoms with Gasteiger partial charge >= 0.3 is 34.1 Å². The van der Waals surface area contributed by atoms with Crippen LogP contribution < -0.4 is 47.5 Å². The fourth-order valence-electron chi connectivity index (χ4n) is 4.84. The molecule has 4 rings (SSSR count). The van der Waals surface area contributed by atoms with Crippen molar-refractivity contribution in [3.63, 3.8) is 0 Å². The fraction of sp³-hybridized carbons (Fsp3) is 0.368. The molecule has 2 N–H and O–H groups in total. The van der Waals surface area contributed by atoms with Gasteiger partial charge in [-0.1, -0.05) is 60.7 Å². The summed E-state index contributed by atoms with van der Waals surface area (Å²) < 4.78 is 67.9. The van der Waals surface area contributed by atoms with Gasteiger partial charge in [0.1, 0.15) is 0 Å². The van der Waals surface area contributed by atoms with Gasteiger partial charge in [-0.05, 0) is 61.1 Å². The van der Waals surface area contributed by atoms with Gasteiger partial charge in [-0.3, -0.25) is 29.8 Å². The molecule has 0 aliphatic heterocycles. The van der Waals surface area contributed by atoms with E-state index in [0.29, 0.717) is 24.2 Å². The summed E-state index contributed by atoms with van der Waals surface area (Å²) in [4.78, 5) is 21.9. The van der Waals surface area contributed by atoms with Crippen LogP contribution in [0.3, 0.4) is 0 Å². The first kappa shape index (κ1) is 58.9. The first-order valence-corrected chi connectivity index (χ1v) is 20.3. The van der Waals surface area contributed by atoms with Gasteiger partial charge in [0.2, 0.25) is 0 Å². The summed E-state index contributed by atoms with van der Waals surface area (Å²) >= 11 is 0. The molecule has 2 aromatic heterocycles. The molecule has 0 aliphatic rings. The molecule has 338 valence electrons. The summed E-state index contributed by atoms with van der Waals surface area (Å²) in [6, 6.07) is 25.6. The molecule has 0 unspecified atom stereocenters. The van der Waals surface area contributed by atoms with E-state index in [4.69, 9.17) is 47.5 Å². The normalized spacial score (nSPS) is 11.1. The van der Waals surface area contributed by atoms with Gasteiger partial charge in [0.05, 0.1) is 11.4 Å². The Labute approximate surface area is 375 Å². The Bertz CT molecular complexity index is 1550. The molecule has 0 bridgehead atoms. The Balaban J connectivity index is 0. The maximum atomic E-state index is 11.6. The van der Waals surface area contributed by atoms with Crippen LogP contribution in [0.1, 0.15) is 48.2 Å². The first-order chi connectivity index (χ1) is 27.6. The van der Waals surface area contributed by atoms with Crippen LogP contribution >= 0.6 is 0 Å². The number of aliphatic hydroxyl groups excluding tert-OH is 2. The molecule has 4 aromatic rings. The van der Waals surface area contributed by atoms with Gasteiger partial charge in [-0.25, -0.2) is 37.3 Å². The Morgan fingerprint density at radius 1 is 0.500 bits per heavy atom. The summed E-state index contributed by atoms with van der Waals surface area (Å²) in [6.45, 7) is 6.70. The number of aliphatic imine (C=N–C) groups is 2. The third-order valence-corrected chi connectivity index (χ3v) is 7.31. The average Bonchev–Trinajstić information content (AvgIpc) is 3.16. The zero-order valence-electron chi connectivity index (χ0n) is 32.3. The van der Waals surface area contributed by atoms with Gasteiger partial charge in [0.15, 0.2) is 0 Å². The van der Waals surface area contributed by atoms with Crippen molar-refractivity contribution in [1.29, 1.82) is 0 Å². The molecule has 0 saturated heterocycles. The topological polar surface area (TPSA) is 328 Å². The largest absolute Gasteiger partial charge is 2.00 e. The number of nitrogens with zero attached hydrogens (tertiary/aromatic N) is 6. The monoisotopic (exact) mass is 976 g/mol. The molecule has 60 heavy (non-hydrogen) atoms. The number of aromatic nitrogens is 2. The molecule has 18 nitrogen and oxygen atoms in total. The van der Waals surface area contributed by atoms with Gasteiger partial charge in [0, 0.05) is 90.4 Å². The van der Waals surface area contributed by atoms with Crippen molar-refractivity contribution in [2.45, 2.75) is 38.8 Å². The number of rotatable bonds is 20. The van der Waals surface area contributed by atoms with Crippen molar-refractivity contribution in [2.75, 3.05) is 52.5 Å². The van der Waals surface area contributed by atoms with Crippen molar-refractivity contribution < 1.29 is 112 Å². The number of para-hydroxylation sites is 2. The third kappa shape index (κ3) is 35.6. The maximum Gasteiger partial charge on any atom is 2.00 e. The van der Waals surface area contributed by atoms with E-state index >= 15 is 0 Å². The zero-order chi connectivity index (χ0) is 43.1. The molecular weight excluding hydrogens is 930 g/mol. The molecule has 2 radical (unpaired) electrons. The van der Waals surface area contributed by atoms with Crippen molar-refractivity contribution in [3.8, 4) is 11.5 Å². The predicted molar refractivity (Wildman–Crippen MR) is 188 cm³/mol. The molecule has 0 fully saturated rings. The van der Waals surface area contributed by atoms with Crippen LogP contribution in [0, 0.1) is 20.5 Å². The summed E-state index contributed by atoms with van der Waals surface area (Å²) in [5.74, 6) is 0.00180. The molecule has 2 aromatic carbocycles. The van der Waals surface area contributed by atoms with Crippen LogP contribution in [-0.2, 0) is 47.2 Å². The number of pyridine rings is 2. The Morgan fingerprint density at radius 3 is 1.12 bits per heavy atom. The van der Waals surface area contributed by atoms with E-state index in [1.165, 1.54) is 0 Å². The van der Waals surface area contributed by atoms with E-state index in [1.807, 2.05) is 48.5 Å². The molecule has 0 spiro atoms. The van der Waals surface area contributed by atoms with Crippen LogP contribution in [0.4, 0.5) is 0 Å². The van der Waals surface area contributed by atoms with Crippen LogP contribution in [0.25, 0.3) is 0 Å². The number of hydrogen-bond acceptors (Lipinski definition) is 18. The van der Waals surface area contributed by atoms with Crippen LogP contribution in [0.5, 0.6) is 11.5 Å². The Hall–Kier alpha value is -3.18. The summed E-state index contributed by atoms with van der Waals surface area (Å²) in [6.07, 6.45) is 10.2. The van der Waals surface area contributed by atoms with E-state index in [2.05, 4.69) is 29.8 Å². The molecule has 0 atom stereocenters. The quantitative estimate of drug-likeness (QED) is 0.0473. The van der Waals surface area contributed by atoms with Crippen molar-refractivity contribution in [3.05, 3.63) is 120 Å². The molecule has 0 amide bonds.